The Hall–Kier alpha value is 2.16. The van der Waals surface area contributed by atoms with Gasteiger partial charge in [-0.05, 0) is 0 Å². The summed E-state index contributed by atoms with van der Waals surface area (Å²) in [4.78, 5) is 9.00. The second-order valence-electron chi connectivity index (χ2n) is 0.519. The van der Waals surface area contributed by atoms with Crippen LogP contribution in [-0.2, 0) is 37.5 Å². The minimum absolute atomic E-state index is 0. The molecule has 0 heterocycles. The molecule has 0 aromatic rings. The first-order valence-corrected chi connectivity index (χ1v) is 0.928. The van der Waals surface area contributed by atoms with E-state index in [-0.39, 0.29) is 82.1 Å². The monoisotopic (exact) mass is 302 g/mol. The van der Waals surface area contributed by atoms with Crippen LogP contribution >= 0.6 is 0 Å². The van der Waals surface area contributed by atoms with Crippen molar-refractivity contribution in [1.29, 1.82) is 0 Å². The third-order valence-electron chi connectivity index (χ3n) is 0. The molecule has 0 fully saturated rings. The van der Waals surface area contributed by atoms with Gasteiger partial charge in [0.2, 0.25) is 0 Å². The van der Waals surface area contributed by atoms with Crippen molar-refractivity contribution in [2.75, 3.05) is 0 Å². The SMILES string of the molecule is CC(=O)O.[Eu].[Y]. The van der Waals surface area contributed by atoms with E-state index in [1.165, 1.54) is 0 Å². The van der Waals surface area contributed by atoms with E-state index in [1.54, 1.807) is 0 Å². The molecule has 0 spiro atoms. The van der Waals surface area contributed by atoms with Crippen molar-refractivity contribution in [3.8, 4) is 0 Å². The fourth-order valence-electron chi connectivity index (χ4n) is 0. The van der Waals surface area contributed by atoms with Crippen LogP contribution in [0.4, 0.5) is 0 Å². The van der Waals surface area contributed by atoms with E-state index >= 15 is 0 Å². The Bertz CT molecular complexity index is 34.5. The number of carbonyl (C=O) groups is 1. The van der Waals surface area contributed by atoms with Gasteiger partial charge in [0.05, 0.1) is 0 Å². The first kappa shape index (κ1) is 15.7. The standard InChI is InChI=1S/C2H4O2.Eu.Y/c1-2(3)4;;/h1H3,(H,3,4);;. The van der Waals surface area contributed by atoms with Crippen LogP contribution < -0.4 is 0 Å². The van der Waals surface area contributed by atoms with Crippen molar-refractivity contribution < 1.29 is 92.0 Å². The summed E-state index contributed by atoms with van der Waals surface area (Å²) < 4.78 is 0. The Labute approximate surface area is 102 Å². The van der Waals surface area contributed by atoms with Gasteiger partial charge in [0.25, 0.3) is 5.97 Å². The van der Waals surface area contributed by atoms with Crippen LogP contribution in [0.2, 0.25) is 0 Å². The molecule has 0 saturated heterocycles. The average Bonchev–Trinajstić information content (AvgIpc) is 0.811. The van der Waals surface area contributed by atoms with E-state index < -0.39 is 5.97 Å². The fourth-order valence-corrected chi connectivity index (χ4v) is 0. The van der Waals surface area contributed by atoms with Crippen molar-refractivity contribution in [2.45, 2.75) is 6.92 Å². The molecular weight excluding hydrogens is 297 g/mol. The molecule has 0 amide bonds. The number of hydrogen-bond acceptors (Lipinski definition) is 1. The molecule has 2 nitrogen and oxygen atoms in total. The largest absolute Gasteiger partial charge is 0.481 e. The molecule has 4 heteroatoms. The zero-order chi connectivity index (χ0) is 3.58. The summed E-state index contributed by atoms with van der Waals surface area (Å²) in [6, 6.07) is 0. The summed E-state index contributed by atoms with van der Waals surface area (Å²) in [5.74, 6) is -0.833. The third-order valence-corrected chi connectivity index (χ3v) is 0. The van der Waals surface area contributed by atoms with Gasteiger partial charge in [-0.3, -0.25) is 4.79 Å². The molecule has 0 unspecified atom stereocenters. The molecule has 0 aliphatic carbocycles. The van der Waals surface area contributed by atoms with Gasteiger partial charge < -0.3 is 5.11 Å². The van der Waals surface area contributed by atoms with Crippen molar-refractivity contribution in [1.82, 2.24) is 0 Å². The summed E-state index contributed by atoms with van der Waals surface area (Å²) in [6.07, 6.45) is 0. The van der Waals surface area contributed by atoms with E-state index in [9.17, 15) is 0 Å². The molecule has 1 N–H and O–H groups in total. The van der Waals surface area contributed by atoms with Crippen LogP contribution in [0.5, 0.6) is 0 Å². The van der Waals surface area contributed by atoms with Crippen LogP contribution in [0.25, 0.3) is 0 Å². The summed E-state index contributed by atoms with van der Waals surface area (Å²) in [7, 11) is 0. The van der Waals surface area contributed by atoms with Crippen LogP contribution in [0.1, 0.15) is 6.92 Å². The van der Waals surface area contributed by atoms with Crippen LogP contribution in [0, 0.1) is 49.4 Å². The van der Waals surface area contributed by atoms with Crippen molar-refractivity contribution in [3.05, 3.63) is 0 Å². The minimum atomic E-state index is -0.833. The molecule has 0 aromatic carbocycles. The fraction of sp³-hybridized carbons (Fsp3) is 0.500. The first-order valence-electron chi connectivity index (χ1n) is 0.928. The predicted molar refractivity (Wildman–Crippen MR) is 13.3 cm³/mol. The zero-order valence-electron chi connectivity index (χ0n) is 3.31. The van der Waals surface area contributed by atoms with Crippen LogP contribution in [0.15, 0.2) is 0 Å². The number of carboxylic acid groups (broad SMARTS) is 1. The molecule has 0 saturated carbocycles. The second-order valence-corrected chi connectivity index (χ2v) is 0.519. The van der Waals surface area contributed by atoms with Gasteiger partial charge in [-0.1, -0.05) is 0 Å². The van der Waals surface area contributed by atoms with Crippen molar-refractivity contribution in [3.63, 3.8) is 0 Å². The molecule has 0 aromatic heterocycles. The van der Waals surface area contributed by atoms with Crippen LogP contribution in [-0.4, -0.2) is 11.1 Å². The summed E-state index contributed by atoms with van der Waals surface area (Å²) in [6.45, 7) is 1.08. The molecule has 34 valence electrons. The maximum Gasteiger partial charge on any atom is 0.300 e. The number of hydrogen-bond donors (Lipinski definition) is 1. The molecule has 0 aliphatic rings. The first-order chi connectivity index (χ1) is 1.73. The topological polar surface area (TPSA) is 37.3 Å². The Kier molecular flexibility index (Phi) is 26.7. The average molecular weight is 301 g/mol. The predicted octanol–water partition coefficient (Wildman–Crippen LogP) is 0.0884. The Balaban J connectivity index is -0.0000000450. The van der Waals surface area contributed by atoms with Gasteiger partial charge >= 0.3 is 0 Å². The Morgan fingerprint density at radius 1 is 1.67 bits per heavy atom. The van der Waals surface area contributed by atoms with Crippen molar-refractivity contribution >= 4 is 5.97 Å². The Morgan fingerprint density at radius 2 is 1.67 bits per heavy atom. The smallest absolute Gasteiger partial charge is 0.300 e. The van der Waals surface area contributed by atoms with Gasteiger partial charge in [-0.15, -0.1) is 0 Å². The molecule has 6 heavy (non-hydrogen) atoms. The van der Waals surface area contributed by atoms with E-state index in [1.807, 2.05) is 0 Å². The number of aliphatic carboxylic acids is 1. The normalized spacial score (nSPS) is 4.17. The molecule has 0 rings (SSSR count). The van der Waals surface area contributed by atoms with E-state index in [2.05, 4.69) is 0 Å². The Morgan fingerprint density at radius 3 is 1.67 bits per heavy atom. The van der Waals surface area contributed by atoms with E-state index in [0.717, 1.165) is 6.92 Å². The summed E-state index contributed by atoms with van der Waals surface area (Å²) >= 11 is 0. The molecule has 0 aliphatic heterocycles. The van der Waals surface area contributed by atoms with Gasteiger partial charge in [0, 0.05) is 89.0 Å². The van der Waals surface area contributed by atoms with Gasteiger partial charge in [-0.2, -0.15) is 0 Å². The van der Waals surface area contributed by atoms with Gasteiger partial charge in [0.1, 0.15) is 0 Å². The maximum absolute atomic E-state index is 9.00. The second kappa shape index (κ2) is 10.2. The van der Waals surface area contributed by atoms with E-state index in [4.69, 9.17) is 9.90 Å². The third kappa shape index (κ3) is 35.2. The van der Waals surface area contributed by atoms with Gasteiger partial charge in [-0.25, -0.2) is 0 Å². The molecule has 0 bridgehead atoms. The minimum Gasteiger partial charge on any atom is -0.481 e. The van der Waals surface area contributed by atoms with Crippen LogP contribution in [0.3, 0.4) is 0 Å². The number of rotatable bonds is 0. The molecule has 2 radical (unpaired) electrons. The summed E-state index contributed by atoms with van der Waals surface area (Å²) in [5, 5.41) is 7.42. The van der Waals surface area contributed by atoms with Gasteiger partial charge in [0.15, 0.2) is 0 Å². The molecular formula is C2H4EuO2Y. The zero-order valence-corrected chi connectivity index (χ0v) is 8.57. The maximum atomic E-state index is 9.00. The quantitative estimate of drug-likeness (QED) is 0.688. The number of carboxylic acids is 1. The summed E-state index contributed by atoms with van der Waals surface area (Å²) in [5.41, 5.74) is 0. The van der Waals surface area contributed by atoms with E-state index in [0.29, 0.717) is 0 Å². The van der Waals surface area contributed by atoms with Crippen molar-refractivity contribution in [2.24, 2.45) is 0 Å². The molecule has 0 atom stereocenters.